The molecule has 90 valence electrons. The average Bonchev–Trinajstić information content (AvgIpc) is 2.67. The fourth-order valence-corrected chi connectivity index (χ4v) is 2.01. The van der Waals surface area contributed by atoms with E-state index < -0.39 is 5.67 Å². The normalized spacial score (nSPS) is 18.9. The molecule has 0 amide bonds. The number of halogens is 1. The number of hydrogen-bond donors (Lipinski definition) is 1. The molecule has 0 aliphatic carbocycles. The predicted molar refractivity (Wildman–Crippen MR) is 59.9 cm³/mol. The number of piperidine rings is 1. The van der Waals surface area contributed by atoms with Crippen LogP contribution in [0, 0.1) is 5.92 Å². The molecule has 1 aliphatic heterocycles. The van der Waals surface area contributed by atoms with Gasteiger partial charge in [-0.05, 0) is 45.7 Å². The van der Waals surface area contributed by atoms with Crippen molar-refractivity contribution in [3.63, 3.8) is 0 Å². The van der Waals surface area contributed by atoms with Crippen LogP contribution < -0.4 is 5.32 Å². The van der Waals surface area contributed by atoms with Crippen molar-refractivity contribution < 1.29 is 8.81 Å². The fraction of sp³-hybridized carbons (Fsp3) is 0.750. The van der Waals surface area contributed by atoms with Gasteiger partial charge in [-0.15, -0.1) is 0 Å². The lowest BCUT2D eigenvalue weighted by Gasteiger charge is -2.21. The molecule has 4 heteroatoms. The first-order chi connectivity index (χ1) is 7.55. The van der Waals surface area contributed by atoms with Crippen molar-refractivity contribution in [3.05, 3.63) is 17.8 Å². The minimum atomic E-state index is -1.43. The van der Waals surface area contributed by atoms with Crippen LogP contribution in [0.2, 0.25) is 0 Å². The maximum atomic E-state index is 13.6. The molecule has 2 heterocycles. The Morgan fingerprint density at radius 2 is 2.19 bits per heavy atom. The zero-order valence-corrected chi connectivity index (χ0v) is 9.92. The molecule has 0 aromatic carbocycles. The lowest BCUT2D eigenvalue weighted by molar-refractivity contribution is 0.173. The van der Waals surface area contributed by atoms with Crippen LogP contribution in [0.5, 0.6) is 0 Å². The van der Waals surface area contributed by atoms with Crippen LogP contribution >= 0.6 is 0 Å². The van der Waals surface area contributed by atoms with Gasteiger partial charge >= 0.3 is 0 Å². The maximum Gasteiger partial charge on any atom is 0.194 e. The summed E-state index contributed by atoms with van der Waals surface area (Å²) in [6.07, 6.45) is 4.64. The van der Waals surface area contributed by atoms with E-state index in [9.17, 15) is 4.39 Å². The number of alkyl halides is 1. The Morgan fingerprint density at radius 1 is 1.50 bits per heavy atom. The molecule has 0 bridgehead atoms. The van der Waals surface area contributed by atoms with E-state index in [0.29, 0.717) is 17.6 Å². The summed E-state index contributed by atoms with van der Waals surface area (Å²) in [4.78, 5) is 4.15. The zero-order chi connectivity index (χ0) is 11.6. The van der Waals surface area contributed by atoms with Gasteiger partial charge in [-0.25, -0.2) is 9.37 Å². The Labute approximate surface area is 95.4 Å². The van der Waals surface area contributed by atoms with Crippen molar-refractivity contribution in [2.75, 3.05) is 13.1 Å². The van der Waals surface area contributed by atoms with Crippen LogP contribution in [0.15, 0.2) is 10.6 Å². The molecule has 16 heavy (non-hydrogen) atoms. The highest BCUT2D eigenvalue weighted by Crippen LogP contribution is 2.26. The minimum absolute atomic E-state index is 0.330. The van der Waals surface area contributed by atoms with Crippen molar-refractivity contribution in [1.29, 1.82) is 0 Å². The summed E-state index contributed by atoms with van der Waals surface area (Å²) in [6.45, 7) is 5.10. The number of nitrogens with zero attached hydrogens (tertiary/aromatic N) is 1. The van der Waals surface area contributed by atoms with E-state index in [1.54, 1.807) is 0 Å². The fourth-order valence-electron chi connectivity index (χ4n) is 2.01. The molecule has 1 aromatic rings. The average molecular weight is 226 g/mol. The summed E-state index contributed by atoms with van der Waals surface area (Å²) in [7, 11) is 0. The SMILES string of the molecule is CC(C)(F)c1cnc(CC2CCNCC2)o1. The molecule has 1 aliphatic rings. The molecule has 2 rings (SSSR count). The largest absolute Gasteiger partial charge is 0.442 e. The van der Waals surface area contributed by atoms with Crippen LogP contribution in [0.25, 0.3) is 0 Å². The van der Waals surface area contributed by atoms with Gasteiger partial charge in [0.2, 0.25) is 0 Å². The van der Waals surface area contributed by atoms with Gasteiger partial charge < -0.3 is 9.73 Å². The van der Waals surface area contributed by atoms with Crippen molar-refractivity contribution >= 4 is 0 Å². The van der Waals surface area contributed by atoms with Crippen LogP contribution in [0.3, 0.4) is 0 Å². The summed E-state index contributed by atoms with van der Waals surface area (Å²) < 4.78 is 19.0. The quantitative estimate of drug-likeness (QED) is 0.860. The first-order valence-electron chi connectivity index (χ1n) is 5.90. The lowest BCUT2D eigenvalue weighted by Crippen LogP contribution is -2.28. The van der Waals surface area contributed by atoms with Gasteiger partial charge in [-0.2, -0.15) is 0 Å². The molecule has 0 spiro atoms. The maximum absolute atomic E-state index is 13.6. The second-order valence-corrected chi connectivity index (χ2v) is 4.99. The van der Waals surface area contributed by atoms with Crippen LogP contribution in [-0.2, 0) is 12.1 Å². The topological polar surface area (TPSA) is 38.1 Å². The van der Waals surface area contributed by atoms with Crippen LogP contribution in [-0.4, -0.2) is 18.1 Å². The monoisotopic (exact) mass is 226 g/mol. The second-order valence-electron chi connectivity index (χ2n) is 4.99. The molecule has 0 unspecified atom stereocenters. The van der Waals surface area contributed by atoms with E-state index in [1.807, 2.05) is 0 Å². The Bertz CT molecular complexity index is 337. The number of aromatic nitrogens is 1. The predicted octanol–water partition coefficient (Wildman–Crippen LogP) is 2.42. The number of nitrogens with one attached hydrogen (secondary N) is 1. The van der Waals surface area contributed by atoms with Gasteiger partial charge in [0.25, 0.3) is 0 Å². The zero-order valence-electron chi connectivity index (χ0n) is 9.92. The third-order valence-electron chi connectivity index (χ3n) is 3.06. The number of rotatable bonds is 3. The van der Waals surface area contributed by atoms with Crippen molar-refractivity contribution in [3.8, 4) is 0 Å². The van der Waals surface area contributed by atoms with Gasteiger partial charge in [0, 0.05) is 6.42 Å². The van der Waals surface area contributed by atoms with Crippen molar-refractivity contribution in [2.45, 2.75) is 38.8 Å². The van der Waals surface area contributed by atoms with E-state index >= 15 is 0 Å². The van der Waals surface area contributed by atoms with Crippen LogP contribution in [0.1, 0.15) is 38.3 Å². The van der Waals surface area contributed by atoms with E-state index in [1.165, 1.54) is 20.0 Å². The molecule has 0 saturated carbocycles. The Balaban J connectivity index is 1.97. The third kappa shape index (κ3) is 2.82. The van der Waals surface area contributed by atoms with Crippen molar-refractivity contribution in [2.24, 2.45) is 5.92 Å². The highest BCUT2D eigenvalue weighted by atomic mass is 19.1. The molecular formula is C12H19FN2O. The summed E-state index contributed by atoms with van der Waals surface area (Å²) in [5.41, 5.74) is -1.43. The molecule has 1 fully saturated rings. The summed E-state index contributed by atoms with van der Waals surface area (Å²) >= 11 is 0. The first kappa shape index (κ1) is 11.6. The molecule has 0 atom stereocenters. The van der Waals surface area contributed by atoms with E-state index in [2.05, 4.69) is 10.3 Å². The molecule has 1 saturated heterocycles. The molecule has 0 radical (unpaired) electrons. The van der Waals surface area contributed by atoms with Crippen LogP contribution in [0.4, 0.5) is 4.39 Å². The minimum Gasteiger partial charge on any atom is -0.442 e. The number of hydrogen-bond acceptors (Lipinski definition) is 3. The Kier molecular flexibility index (Phi) is 3.28. The number of oxazole rings is 1. The first-order valence-corrected chi connectivity index (χ1v) is 5.90. The Morgan fingerprint density at radius 3 is 2.75 bits per heavy atom. The highest BCUT2D eigenvalue weighted by molar-refractivity contribution is 5.03. The smallest absolute Gasteiger partial charge is 0.194 e. The third-order valence-corrected chi connectivity index (χ3v) is 3.06. The molecule has 3 nitrogen and oxygen atoms in total. The lowest BCUT2D eigenvalue weighted by atomic mass is 9.95. The molecule has 1 aromatic heterocycles. The summed E-state index contributed by atoms with van der Waals surface area (Å²) in [5, 5.41) is 3.32. The Hall–Kier alpha value is -0.900. The summed E-state index contributed by atoms with van der Waals surface area (Å²) in [5.74, 6) is 1.62. The summed E-state index contributed by atoms with van der Waals surface area (Å²) in [6, 6.07) is 0. The van der Waals surface area contributed by atoms with Gasteiger partial charge in [-0.3, -0.25) is 0 Å². The van der Waals surface area contributed by atoms with Gasteiger partial charge in [-0.1, -0.05) is 0 Å². The molecular weight excluding hydrogens is 207 g/mol. The van der Waals surface area contributed by atoms with Gasteiger partial charge in [0.05, 0.1) is 6.20 Å². The van der Waals surface area contributed by atoms with Gasteiger partial charge in [0.15, 0.2) is 17.3 Å². The van der Waals surface area contributed by atoms with Gasteiger partial charge in [0.1, 0.15) is 0 Å². The second kappa shape index (κ2) is 4.53. The van der Waals surface area contributed by atoms with E-state index in [-0.39, 0.29) is 0 Å². The molecule has 1 N–H and O–H groups in total. The van der Waals surface area contributed by atoms with E-state index in [4.69, 9.17) is 4.42 Å². The van der Waals surface area contributed by atoms with Crippen molar-refractivity contribution in [1.82, 2.24) is 10.3 Å². The highest BCUT2D eigenvalue weighted by Gasteiger charge is 2.25. The van der Waals surface area contributed by atoms with E-state index in [0.717, 1.165) is 32.4 Å². The standard InChI is InChI=1S/C12H19FN2O/c1-12(2,13)10-8-15-11(16-10)7-9-3-5-14-6-4-9/h8-9,14H,3-7H2,1-2H3.